The summed E-state index contributed by atoms with van der Waals surface area (Å²) in [5.74, 6) is -0.165. The predicted molar refractivity (Wildman–Crippen MR) is 54.9 cm³/mol. The van der Waals surface area contributed by atoms with Crippen LogP contribution in [0.1, 0.15) is 5.82 Å². The van der Waals surface area contributed by atoms with Crippen molar-refractivity contribution in [2.24, 2.45) is 12.8 Å². The molecule has 0 spiro atoms. The minimum absolute atomic E-state index is 0.0944. The number of nitrogens with two attached hydrogens (primary N) is 1. The highest BCUT2D eigenvalue weighted by atomic mass is 16.2. The maximum absolute atomic E-state index is 11.2. The van der Waals surface area contributed by atoms with Crippen LogP contribution >= 0.6 is 0 Å². The minimum Gasteiger partial charge on any atom is -0.347 e. The van der Waals surface area contributed by atoms with Gasteiger partial charge in [-0.05, 0) is 0 Å². The summed E-state index contributed by atoms with van der Waals surface area (Å²) in [6, 6.07) is 0. The molecule has 0 saturated heterocycles. The zero-order valence-electron chi connectivity index (χ0n) is 8.93. The van der Waals surface area contributed by atoms with Crippen LogP contribution in [0.4, 0.5) is 0 Å². The molecule has 0 aliphatic heterocycles. The molecule has 1 rings (SSSR count). The molecule has 16 heavy (non-hydrogen) atoms. The van der Waals surface area contributed by atoms with E-state index in [-0.39, 0.29) is 31.4 Å². The molecular formula is C8H14N6O2. The molecule has 2 amide bonds. The van der Waals surface area contributed by atoms with Crippen LogP contribution in [0.5, 0.6) is 0 Å². The molecule has 8 nitrogen and oxygen atoms in total. The fourth-order valence-electron chi connectivity index (χ4n) is 0.956. The SMILES string of the molecule is Cn1cnc(CNC(=O)CNC(=O)CN)n1. The molecule has 0 saturated carbocycles. The van der Waals surface area contributed by atoms with E-state index >= 15 is 0 Å². The van der Waals surface area contributed by atoms with E-state index in [0.29, 0.717) is 5.82 Å². The number of aromatic nitrogens is 3. The van der Waals surface area contributed by atoms with Crippen LogP contribution in [-0.4, -0.2) is 39.7 Å². The average Bonchev–Trinajstić information content (AvgIpc) is 2.69. The summed E-state index contributed by atoms with van der Waals surface area (Å²) in [6.45, 7) is 0.0100. The van der Waals surface area contributed by atoms with Crippen LogP contribution < -0.4 is 16.4 Å². The van der Waals surface area contributed by atoms with Gasteiger partial charge in [0.05, 0.1) is 19.6 Å². The van der Waals surface area contributed by atoms with Gasteiger partial charge in [-0.2, -0.15) is 5.10 Å². The molecule has 1 aromatic rings. The fraction of sp³-hybridized carbons (Fsp3) is 0.500. The van der Waals surface area contributed by atoms with E-state index in [0.717, 1.165) is 0 Å². The summed E-state index contributed by atoms with van der Waals surface area (Å²) < 4.78 is 1.54. The number of hydrogen-bond donors (Lipinski definition) is 3. The van der Waals surface area contributed by atoms with Gasteiger partial charge in [0.25, 0.3) is 0 Å². The van der Waals surface area contributed by atoms with E-state index in [9.17, 15) is 9.59 Å². The molecule has 0 aromatic carbocycles. The lowest BCUT2D eigenvalue weighted by atomic mass is 10.5. The standard InChI is InChI=1S/C8H14N6O2/c1-14-5-12-6(13-14)3-10-8(16)4-11-7(15)2-9/h5H,2-4,9H2,1H3,(H,10,16)(H,11,15). The zero-order chi connectivity index (χ0) is 12.0. The second kappa shape index (κ2) is 5.81. The van der Waals surface area contributed by atoms with Crippen LogP contribution in [0.15, 0.2) is 6.33 Å². The van der Waals surface area contributed by atoms with E-state index in [1.54, 1.807) is 7.05 Å². The Morgan fingerprint density at radius 2 is 2.19 bits per heavy atom. The number of rotatable bonds is 5. The van der Waals surface area contributed by atoms with Gasteiger partial charge in [0.2, 0.25) is 11.8 Å². The van der Waals surface area contributed by atoms with Crippen molar-refractivity contribution < 1.29 is 9.59 Å². The second-order valence-corrected chi connectivity index (χ2v) is 3.09. The highest BCUT2D eigenvalue weighted by Gasteiger charge is 2.05. The number of nitrogens with zero attached hydrogens (tertiary/aromatic N) is 3. The summed E-state index contributed by atoms with van der Waals surface area (Å²) in [5.41, 5.74) is 5.06. The lowest BCUT2D eigenvalue weighted by Crippen LogP contribution is -2.39. The van der Waals surface area contributed by atoms with Gasteiger partial charge in [0.15, 0.2) is 5.82 Å². The lowest BCUT2D eigenvalue weighted by Gasteiger charge is -2.03. The summed E-state index contributed by atoms with van der Waals surface area (Å²) >= 11 is 0. The van der Waals surface area contributed by atoms with Gasteiger partial charge >= 0.3 is 0 Å². The van der Waals surface area contributed by atoms with Crippen LogP contribution in [0.3, 0.4) is 0 Å². The third kappa shape index (κ3) is 4.05. The maximum atomic E-state index is 11.2. The first-order valence-corrected chi connectivity index (χ1v) is 4.70. The Balaban J connectivity index is 2.22. The van der Waals surface area contributed by atoms with Crippen molar-refractivity contribution in [3.8, 4) is 0 Å². The van der Waals surface area contributed by atoms with Crippen molar-refractivity contribution in [2.45, 2.75) is 6.54 Å². The Hall–Kier alpha value is -1.96. The number of carbonyl (C=O) groups is 2. The largest absolute Gasteiger partial charge is 0.347 e. The molecule has 0 unspecified atom stereocenters. The van der Waals surface area contributed by atoms with Gasteiger partial charge < -0.3 is 16.4 Å². The zero-order valence-corrected chi connectivity index (χ0v) is 8.93. The molecule has 1 aromatic heterocycles. The molecule has 88 valence electrons. The number of aryl methyl sites for hydroxylation is 1. The highest BCUT2D eigenvalue weighted by molar-refractivity contribution is 5.85. The van der Waals surface area contributed by atoms with Crippen LogP contribution in [0, 0.1) is 0 Å². The minimum atomic E-state index is -0.369. The fourth-order valence-corrected chi connectivity index (χ4v) is 0.956. The molecule has 0 radical (unpaired) electrons. The van der Waals surface area contributed by atoms with Gasteiger partial charge in [-0.15, -0.1) is 0 Å². The Morgan fingerprint density at radius 3 is 2.75 bits per heavy atom. The number of nitrogens with one attached hydrogen (secondary N) is 2. The first-order chi connectivity index (χ1) is 7.61. The van der Waals surface area contributed by atoms with Crippen LogP contribution in [0.25, 0.3) is 0 Å². The van der Waals surface area contributed by atoms with Crippen molar-refractivity contribution in [2.75, 3.05) is 13.1 Å². The van der Waals surface area contributed by atoms with E-state index < -0.39 is 0 Å². The van der Waals surface area contributed by atoms with Crippen molar-refractivity contribution in [3.63, 3.8) is 0 Å². The van der Waals surface area contributed by atoms with Gasteiger partial charge in [0.1, 0.15) is 6.33 Å². The molecule has 4 N–H and O–H groups in total. The van der Waals surface area contributed by atoms with E-state index in [1.165, 1.54) is 11.0 Å². The molecule has 0 aliphatic carbocycles. The van der Waals surface area contributed by atoms with Crippen molar-refractivity contribution in [3.05, 3.63) is 12.2 Å². The normalized spacial score (nSPS) is 9.88. The number of amides is 2. The Kier molecular flexibility index (Phi) is 4.40. The van der Waals surface area contributed by atoms with Crippen molar-refractivity contribution in [1.29, 1.82) is 0 Å². The predicted octanol–water partition coefficient (Wildman–Crippen LogP) is -2.49. The third-order valence-corrected chi connectivity index (χ3v) is 1.72. The Morgan fingerprint density at radius 1 is 1.44 bits per heavy atom. The second-order valence-electron chi connectivity index (χ2n) is 3.09. The molecule has 0 bridgehead atoms. The van der Waals surface area contributed by atoms with Crippen LogP contribution in [-0.2, 0) is 23.2 Å². The topological polar surface area (TPSA) is 115 Å². The summed E-state index contributed by atoms with van der Waals surface area (Å²) in [7, 11) is 1.74. The summed E-state index contributed by atoms with van der Waals surface area (Å²) in [6.07, 6.45) is 1.54. The van der Waals surface area contributed by atoms with E-state index in [1.807, 2.05) is 0 Å². The molecule has 1 heterocycles. The van der Waals surface area contributed by atoms with Gasteiger partial charge in [-0.1, -0.05) is 0 Å². The molecule has 0 aliphatic rings. The summed E-state index contributed by atoms with van der Waals surface area (Å²) in [5, 5.41) is 8.89. The van der Waals surface area contributed by atoms with Crippen molar-refractivity contribution in [1.82, 2.24) is 25.4 Å². The first-order valence-electron chi connectivity index (χ1n) is 4.70. The van der Waals surface area contributed by atoms with Gasteiger partial charge in [-0.25, -0.2) is 4.98 Å². The summed E-state index contributed by atoms with van der Waals surface area (Å²) in [4.78, 5) is 25.9. The quantitative estimate of drug-likeness (QED) is 0.513. The van der Waals surface area contributed by atoms with E-state index in [4.69, 9.17) is 5.73 Å². The highest BCUT2D eigenvalue weighted by Crippen LogP contribution is 1.85. The molecular weight excluding hydrogens is 212 g/mol. The lowest BCUT2D eigenvalue weighted by molar-refractivity contribution is -0.125. The first kappa shape index (κ1) is 12.1. The Bertz CT molecular complexity index is 374. The molecule has 0 atom stereocenters. The average molecular weight is 226 g/mol. The van der Waals surface area contributed by atoms with Crippen molar-refractivity contribution >= 4 is 11.8 Å². The smallest absolute Gasteiger partial charge is 0.239 e. The number of hydrogen-bond acceptors (Lipinski definition) is 5. The number of carbonyl (C=O) groups excluding carboxylic acids is 2. The van der Waals surface area contributed by atoms with Gasteiger partial charge in [0, 0.05) is 7.05 Å². The molecule has 0 fully saturated rings. The molecule has 8 heteroatoms. The maximum Gasteiger partial charge on any atom is 0.239 e. The van der Waals surface area contributed by atoms with Crippen LogP contribution in [0.2, 0.25) is 0 Å². The third-order valence-electron chi connectivity index (χ3n) is 1.72. The van der Waals surface area contributed by atoms with E-state index in [2.05, 4.69) is 20.7 Å². The monoisotopic (exact) mass is 226 g/mol. The van der Waals surface area contributed by atoms with Gasteiger partial charge in [-0.3, -0.25) is 14.3 Å². The Labute approximate surface area is 92.2 Å².